The van der Waals surface area contributed by atoms with Crippen molar-refractivity contribution in [2.24, 2.45) is 5.10 Å². The van der Waals surface area contributed by atoms with Crippen LogP contribution in [-0.2, 0) is 0 Å². The summed E-state index contributed by atoms with van der Waals surface area (Å²) in [6, 6.07) is 8.73. The van der Waals surface area contributed by atoms with Crippen molar-refractivity contribution in [1.29, 1.82) is 0 Å². The fourth-order valence-corrected chi connectivity index (χ4v) is 0.799. The van der Waals surface area contributed by atoms with Crippen LogP contribution in [0.3, 0.4) is 0 Å². The summed E-state index contributed by atoms with van der Waals surface area (Å²) in [5.41, 5.74) is 2.81. The minimum atomic E-state index is -0.287. The van der Waals surface area contributed by atoms with E-state index in [-0.39, 0.29) is 12.5 Å². The van der Waals surface area contributed by atoms with Crippen LogP contribution in [0.5, 0.6) is 0 Å². The largest absolute Gasteiger partial charge is 0.391 e. The zero-order valence-corrected chi connectivity index (χ0v) is 6.97. The lowest BCUT2D eigenvalue weighted by atomic mass is 10.2. The van der Waals surface area contributed by atoms with E-state index in [0.29, 0.717) is 5.56 Å². The number of hydrazone groups is 1. The predicted molar refractivity (Wildman–Crippen MR) is 49.5 cm³/mol. The zero-order valence-electron chi connectivity index (χ0n) is 6.97. The van der Waals surface area contributed by atoms with E-state index in [9.17, 15) is 4.79 Å². The molecule has 1 rings (SSSR count). The molecular weight excluding hydrogens is 168 g/mol. The molecule has 0 unspecified atom stereocenters. The lowest BCUT2D eigenvalue weighted by molar-refractivity contribution is 0.0955. The van der Waals surface area contributed by atoms with Crippen LogP contribution in [0, 0.1) is 0 Å². The molecule has 0 aliphatic carbocycles. The van der Waals surface area contributed by atoms with Gasteiger partial charge in [-0.25, -0.2) is 5.43 Å². The van der Waals surface area contributed by atoms with E-state index in [1.165, 1.54) is 6.21 Å². The summed E-state index contributed by atoms with van der Waals surface area (Å²) in [6.45, 7) is -0.185. The Morgan fingerprint density at radius 3 is 2.77 bits per heavy atom. The minimum Gasteiger partial charge on any atom is -0.391 e. The molecule has 0 bridgehead atoms. The van der Waals surface area contributed by atoms with Gasteiger partial charge in [0.2, 0.25) is 0 Å². The van der Waals surface area contributed by atoms with Crippen LogP contribution in [0.25, 0.3) is 0 Å². The third-order valence-electron chi connectivity index (χ3n) is 1.38. The Morgan fingerprint density at radius 1 is 1.46 bits per heavy atom. The normalized spacial score (nSPS) is 10.2. The molecule has 4 nitrogen and oxygen atoms in total. The van der Waals surface area contributed by atoms with Gasteiger partial charge in [0.1, 0.15) is 0 Å². The quantitative estimate of drug-likeness (QED) is 0.519. The smallest absolute Gasteiger partial charge is 0.271 e. The second-order valence-electron chi connectivity index (χ2n) is 2.30. The van der Waals surface area contributed by atoms with E-state index in [2.05, 4.69) is 10.5 Å². The van der Waals surface area contributed by atoms with Crippen LogP contribution < -0.4 is 5.43 Å². The number of carbonyl (C=O) groups is 1. The second kappa shape index (κ2) is 5.05. The molecule has 4 heteroatoms. The number of hydrogen-bond donors (Lipinski definition) is 2. The molecule has 0 saturated carbocycles. The van der Waals surface area contributed by atoms with Crippen molar-refractivity contribution in [3.8, 4) is 0 Å². The predicted octanol–water partition coefficient (Wildman–Crippen LogP) is 0.395. The molecule has 0 radical (unpaired) electrons. The molecule has 0 aromatic heterocycles. The van der Waals surface area contributed by atoms with Gasteiger partial charge in [0.15, 0.2) is 0 Å². The number of nitrogens with one attached hydrogen (secondary N) is 1. The van der Waals surface area contributed by atoms with Crippen molar-refractivity contribution in [1.82, 2.24) is 5.43 Å². The Hall–Kier alpha value is -1.68. The lowest BCUT2D eigenvalue weighted by Crippen LogP contribution is -2.17. The summed E-state index contributed by atoms with van der Waals surface area (Å²) < 4.78 is 0. The summed E-state index contributed by atoms with van der Waals surface area (Å²) in [5.74, 6) is -0.287. The zero-order chi connectivity index (χ0) is 9.52. The summed E-state index contributed by atoms with van der Waals surface area (Å²) in [4.78, 5) is 11.2. The van der Waals surface area contributed by atoms with Crippen molar-refractivity contribution < 1.29 is 9.90 Å². The van der Waals surface area contributed by atoms with Gasteiger partial charge in [-0.3, -0.25) is 4.79 Å². The molecule has 0 aliphatic rings. The molecular formula is C9H10N2O2. The monoisotopic (exact) mass is 178 g/mol. The highest BCUT2D eigenvalue weighted by Gasteiger charge is 2.00. The second-order valence-corrected chi connectivity index (χ2v) is 2.30. The van der Waals surface area contributed by atoms with E-state index in [1.54, 1.807) is 24.3 Å². The van der Waals surface area contributed by atoms with Gasteiger partial charge >= 0.3 is 0 Å². The van der Waals surface area contributed by atoms with E-state index >= 15 is 0 Å². The maximum Gasteiger partial charge on any atom is 0.271 e. The van der Waals surface area contributed by atoms with Crippen LogP contribution in [0.1, 0.15) is 10.4 Å². The van der Waals surface area contributed by atoms with Crippen molar-refractivity contribution in [2.45, 2.75) is 0 Å². The molecule has 2 N–H and O–H groups in total. The van der Waals surface area contributed by atoms with Gasteiger partial charge in [-0.05, 0) is 12.1 Å². The SMILES string of the molecule is O=C(N/N=C/CO)c1ccccc1. The van der Waals surface area contributed by atoms with Crippen LogP contribution in [0.15, 0.2) is 35.4 Å². The fourth-order valence-electron chi connectivity index (χ4n) is 0.799. The fraction of sp³-hybridized carbons (Fsp3) is 0.111. The summed E-state index contributed by atoms with van der Waals surface area (Å²) >= 11 is 0. The van der Waals surface area contributed by atoms with Crippen LogP contribution in [0.4, 0.5) is 0 Å². The summed E-state index contributed by atoms with van der Waals surface area (Å²) in [6.07, 6.45) is 1.21. The van der Waals surface area contributed by atoms with Crippen LogP contribution in [0.2, 0.25) is 0 Å². The first-order valence-electron chi connectivity index (χ1n) is 3.82. The average Bonchev–Trinajstić information content (AvgIpc) is 2.19. The van der Waals surface area contributed by atoms with Gasteiger partial charge in [-0.2, -0.15) is 5.10 Å². The Labute approximate surface area is 75.9 Å². The van der Waals surface area contributed by atoms with Gasteiger partial charge in [0, 0.05) is 5.56 Å². The Balaban J connectivity index is 2.54. The minimum absolute atomic E-state index is 0.185. The van der Waals surface area contributed by atoms with E-state index in [4.69, 9.17) is 5.11 Å². The van der Waals surface area contributed by atoms with Gasteiger partial charge in [-0.1, -0.05) is 18.2 Å². The molecule has 68 valence electrons. The third-order valence-corrected chi connectivity index (χ3v) is 1.38. The van der Waals surface area contributed by atoms with Crippen molar-refractivity contribution in [3.05, 3.63) is 35.9 Å². The molecule has 0 atom stereocenters. The molecule has 0 saturated heterocycles. The van der Waals surface area contributed by atoms with E-state index in [0.717, 1.165) is 0 Å². The third kappa shape index (κ3) is 3.04. The number of rotatable bonds is 3. The van der Waals surface area contributed by atoms with Gasteiger partial charge in [0.05, 0.1) is 12.8 Å². The molecule has 1 aromatic carbocycles. The molecule has 1 aromatic rings. The topological polar surface area (TPSA) is 61.7 Å². The maximum atomic E-state index is 11.2. The standard InChI is InChI=1S/C9H10N2O2/c12-7-6-10-11-9(13)8-4-2-1-3-5-8/h1-6,12H,7H2,(H,11,13)/b10-6+. The van der Waals surface area contributed by atoms with Gasteiger partial charge < -0.3 is 5.11 Å². The van der Waals surface area contributed by atoms with E-state index in [1.807, 2.05) is 6.07 Å². The number of hydrogen-bond acceptors (Lipinski definition) is 3. The first-order valence-corrected chi connectivity index (χ1v) is 3.82. The highest BCUT2D eigenvalue weighted by atomic mass is 16.3. The van der Waals surface area contributed by atoms with E-state index < -0.39 is 0 Å². The average molecular weight is 178 g/mol. The number of benzene rings is 1. The van der Waals surface area contributed by atoms with Crippen molar-refractivity contribution in [3.63, 3.8) is 0 Å². The van der Waals surface area contributed by atoms with Crippen LogP contribution in [-0.4, -0.2) is 23.8 Å². The van der Waals surface area contributed by atoms with Crippen LogP contribution >= 0.6 is 0 Å². The van der Waals surface area contributed by atoms with Gasteiger partial charge in [-0.15, -0.1) is 0 Å². The van der Waals surface area contributed by atoms with Crippen molar-refractivity contribution in [2.75, 3.05) is 6.61 Å². The lowest BCUT2D eigenvalue weighted by Gasteiger charge is -1.97. The number of aliphatic hydroxyl groups excluding tert-OH is 1. The molecule has 1 amide bonds. The Morgan fingerprint density at radius 2 is 2.15 bits per heavy atom. The molecule has 0 spiro atoms. The number of amides is 1. The summed E-state index contributed by atoms with van der Waals surface area (Å²) in [5, 5.41) is 11.8. The number of aliphatic hydroxyl groups is 1. The van der Waals surface area contributed by atoms with Gasteiger partial charge in [0.25, 0.3) is 5.91 Å². The highest BCUT2D eigenvalue weighted by Crippen LogP contribution is 1.96. The molecule has 0 aliphatic heterocycles. The first-order chi connectivity index (χ1) is 6.34. The number of carbonyl (C=O) groups excluding carboxylic acids is 1. The molecule has 0 fully saturated rings. The first kappa shape index (κ1) is 9.41. The molecule has 0 heterocycles. The van der Waals surface area contributed by atoms with Crippen molar-refractivity contribution >= 4 is 12.1 Å². The number of nitrogens with zero attached hydrogens (tertiary/aromatic N) is 1. The highest BCUT2D eigenvalue weighted by molar-refractivity contribution is 5.94. The molecule has 13 heavy (non-hydrogen) atoms. The maximum absolute atomic E-state index is 11.2. The Kier molecular flexibility index (Phi) is 3.66. The Bertz CT molecular complexity index is 296. The summed E-state index contributed by atoms with van der Waals surface area (Å²) in [7, 11) is 0.